The van der Waals surface area contributed by atoms with Gasteiger partial charge in [-0.2, -0.15) is 0 Å². The van der Waals surface area contributed by atoms with E-state index in [2.05, 4.69) is 0 Å². The van der Waals surface area contributed by atoms with Crippen molar-refractivity contribution in [2.75, 3.05) is 0 Å². The van der Waals surface area contributed by atoms with Gasteiger partial charge in [-0.25, -0.2) is 4.79 Å². The minimum absolute atomic E-state index is 0.161. The third-order valence-electron chi connectivity index (χ3n) is 2.35. The highest BCUT2D eigenvalue weighted by atomic mass is 16.4. The van der Waals surface area contributed by atoms with E-state index in [9.17, 15) is 9.59 Å². The number of carbonyl (C=O) groups excluding carboxylic acids is 1. The van der Waals surface area contributed by atoms with Gasteiger partial charge in [0.2, 0.25) is 0 Å². The first kappa shape index (κ1) is 11.1. The van der Waals surface area contributed by atoms with Crippen LogP contribution in [-0.4, -0.2) is 16.9 Å². The van der Waals surface area contributed by atoms with E-state index in [1.54, 1.807) is 24.3 Å². The summed E-state index contributed by atoms with van der Waals surface area (Å²) in [5.74, 6) is -0.408. The molecule has 4 heteroatoms. The number of Topliss-reactive ketones (excluding diaryl/α,β-unsaturated/α-hetero) is 1. The Morgan fingerprint density at radius 3 is 2.53 bits per heavy atom. The van der Waals surface area contributed by atoms with E-state index in [0.29, 0.717) is 11.3 Å². The first-order valence-corrected chi connectivity index (χ1v) is 5.02. The summed E-state index contributed by atoms with van der Waals surface area (Å²) >= 11 is 0. The third-order valence-corrected chi connectivity index (χ3v) is 2.35. The van der Waals surface area contributed by atoms with Gasteiger partial charge in [-0.1, -0.05) is 12.1 Å². The summed E-state index contributed by atoms with van der Waals surface area (Å²) in [6.07, 6.45) is 0. The second-order valence-electron chi connectivity index (χ2n) is 3.61. The van der Waals surface area contributed by atoms with E-state index in [-0.39, 0.29) is 17.1 Å². The second kappa shape index (κ2) is 4.25. The molecule has 0 saturated heterocycles. The maximum atomic E-state index is 11.1. The molecule has 1 aromatic carbocycles. The van der Waals surface area contributed by atoms with E-state index >= 15 is 0 Å². The topological polar surface area (TPSA) is 67.5 Å². The van der Waals surface area contributed by atoms with Crippen molar-refractivity contribution in [2.45, 2.75) is 6.92 Å². The van der Waals surface area contributed by atoms with Gasteiger partial charge in [0, 0.05) is 12.5 Å². The Morgan fingerprint density at radius 2 is 1.94 bits per heavy atom. The summed E-state index contributed by atoms with van der Waals surface area (Å²) in [6, 6.07) is 9.60. The fraction of sp³-hybridized carbons (Fsp3) is 0.0769. The number of ketones is 1. The monoisotopic (exact) mass is 230 g/mol. The summed E-state index contributed by atoms with van der Waals surface area (Å²) in [5, 5.41) is 8.86. The van der Waals surface area contributed by atoms with Crippen LogP contribution >= 0.6 is 0 Å². The largest absolute Gasteiger partial charge is 0.478 e. The van der Waals surface area contributed by atoms with Gasteiger partial charge in [-0.05, 0) is 24.3 Å². The van der Waals surface area contributed by atoms with Gasteiger partial charge in [0.1, 0.15) is 5.76 Å². The Morgan fingerprint density at radius 1 is 1.18 bits per heavy atom. The molecule has 4 nitrogen and oxygen atoms in total. The fourth-order valence-electron chi connectivity index (χ4n) is 1.49. The predicted molar refractivity (Wildman–Crippen MR) is 61.1 cm³/mol. The minimum atomic E-state index is -0.995. The summed E-state index contributed by atoms with van der Waals surface area (Å²) in [7, 11) is 0. The van der Waals surface area contributed by atoms with Gasteiger partial charge in [-0.15, -0.1) is 0 Å². The lowest BCUT2D eigenvalue weighted by molar-refractivity contribution is 0.0696. The van der Waals surface area contributed by atoms with Gasteiger partial charge in [-0.3, -0.25) is 4.79 Å². The molecule has 0 aliphatic rings. The molecule has 0 saturated carbocycles. The van der Waals surface area contributed by atoms with Crippen molar-refractivity contribution in [1.82, 2.24) is 0 Å². The van der Waals surface area contributed by atoms with Crippen LogP contribution in [0.2, 0.25) is 0 Å². The van der Waals surface area contributed by atoms with E-state index in [1.165, 1.54) is 19.1 Å². The van der Waals surface area contributed by atoms with Crippen LogP contribution in [0.3, 0.4) is 0 Å². The molecule has 0 radical (unpaired) electrons. The molecule has 1 N–H and O–H groups in total. The SMILES string of the molecule is CC(=O)c1ccc(-c2cccc(C(=O)O)c2)o1. The molecule has 0 atom stereocenters. The van der Waals surface area contributed by atoms with Crippen molar-refractivity contribution in [3.8, 4) is 11.3 Å². The number of aromatic carboxylic acids is 1. The predicted octanol–water partition coefficient (Wildman–Crippen LogP) is 2.85. The molecule has 0 aliphatic carbocycles. The number of carboxylic acids is 1. The molecule has 86 valence electrons. The normalized spacial score (nSPS) is 10.2. The number of rotatable bonds is 3. The van der Waals surface area contributed by atoms with Crippen LogP contribution in [0.4, 0.5) is 0 Å². The van der Waals surface area contributed by atoms with Crippen molar-refractivity contribution >= 4 is 11.8 Å². The molecule has 0 fully saturated rings. The van der Waals surface area contributed by atoms with Crippen LogP contribution in [0.1, 0.15) is 27.8 Å². The molecular weight excluding hydrogens is 220 g/mol. The van der Waals surface area contributed by atoms with Crippen LogP contribution in [-0.2, 0) is 0 Å². The lowest BCUT2D eigenvalue weighted by atomic mass is 10.1. The number of hydrogen-bond acceptors (Lipinski definition) is 3. The summed E-state index contributed by atoms with van der Waals surface area (Å²) in [5.41, 5.74) is 0.820. The van der Waals surface area contributed by atoms with E-state index in [4.69, 9.17) is 9.52 Å². The highest BCUT2D eigenvalue weighted by Gasteiger charge is 2.10. The molecule has 1 heterocycles. The standard InChI is InChI=1S/C13H10O4/c1-8(14)11-5-6-12(17-11)9-3-2-4-10(7-9)13(15)16/h2-7H,1H3,(H,15,16). The van der Waals surface area contributed by atoms with Gasteiger partial charge in [0.25, 0.3) is 0 Å². The van der Waals surface area contributed by atoms with Crippen LogP contribution < -0.4 is 0 Å². The molecule has 0 amide bonds. The van der Waals surface area contributed by atoms with Gasteiger partial charge >= 0.3 is 5.97 Å². The first-order chi connectivity index (χ1) is 8.08. The van der Waals surface area contributed by atoms with E-state index < -0.39 is 5.97 Å². The van der Waals surface area contributed by atoms with Crippen molar-refractivity contribution in [2.24, 2.45) is 0 Å². The van der Waals surface area contributed by atoms with Crippen molar-refractivity contribution in [3.05, 3.63) is 47.7 Å². The Kier molecular flexibility index (Phi) is 2.78. The van der Waals surface area contributed by atoms with Crippen molar-refractivity contribution < 1.29 is 19.1 Å². The second-order valence-corrected chi connectivity index (χ2v) is 3.61. The molecule has 2 aromatic rings. The number of benzene rings is 1. The molecule has 0 bridgehead atoms. The Balaban J connectivity index is 2.42. The highest BCUT2D eigenvalue weighted by Crippen LogP contribution is 2.23. The fourth-order valence-corrected chi connectivity index (χ4v) is 1.49. The number of carboxylic acid groups (broad SMARTS) is 1. The Bertz CT molecular complexity index is 581. The van der Waals surface area contributed by atoms with Crippen molar-refractivity contribution in [1.29, 1.82) is 0 Å². The summed E-state index contributed by atoms with van der Waals surface area (Å²) in [4.78, 5) is 21.9. The van der Waals surface area contributed by atoms with Crippen LogP contribution in [0.15, 0.2) is 40.8 Å². The van der Waals surface area contributed by atoms with Gasteiger partial charge in [0.05, 0.1) is 5.56 Å². The number of hydrogen-bond donors (Lipinski definition) is 1. The lowest BCUT2D eigenvalue weighted by Gasteiger charge is -1.98. The molecule has 1 aromatic heterocycles. The number of carbonyl (C=O) groups is 2. The molecule has 0 spiro atoms. The van der Waals surface area contributed by atoms with Crippen LogP contribution in [0.5, 0.6) is 0 Å². The lowest BCUT2D eigenvalue weighted by Crippen LogP contribution is -1.95. The first-order valence-electron chi connectivity index (χ1n) is 5.02. The summed E-state index contributed by atoms with van der Waals surface area (Å²) in [6.45, 7) is 1.41. The zero-order valence-corrected chi connectivity index (χ0v) is 9.14. The third kappa shape index (κ3) is 2.25. The average molecular weight is 230 g/mol. The van der Waals surface area contributed by atoms with Crippen LogP contribution in [0, 0.1) is 0 Å². The summed E-state index contributed by atoms with van der Waals surface area (Å²) < 4.78 is 5.32. The molecule has 17 heavy (non-hydrogen) atoms. The van der Waals surface area contributed by atoms with Gasteiger partial charge in [0.15, 0.2) is 11.5 Å². The van der Waals surface area contributed by atoms with Gasteiger partial charge < -0.3 is 9.52 Å². The number of furan rings is 1. The average Bonchev–Trinajstić information content (AvgIpc) is 2.78. The van der Waals surface area contributed by atoms with E-state index in [0.717, 1.165) is 0 Å². The minimum Gasteiger partial charge on any atom is -0.478 e. The van der Waals surface area contributed by atoms with E-state index in [1.807, 2.05) is 0 Å². The zero-order valence-electron chi connectivity index (χ0n) is 9.14. The molecule has 0 aliphatic heterocycles. The smallest absolute Gasteiger partial charge is 0.335 e. The maximum Gasteiger partial charge on any atom is 0.335 e. The molecule has 0 unspecified atom stereocenters. The zero-order chi connectivity index (χ0) is 12.4. The maximum absolute atomic E-state index is 11.1. The Labute approximate surface area is 97.5 Å². The molecular formula is C13H10O4. The molecule has 2 rings (SSSR count). The van der Waals surface area contributed by atoms with Crippen molar-refractivity contribution in [3.63, 3.8) is 0 Å². The Hall–Kier alpha value is -2.36. The quantitative estimate of drug-likeness (QED) is 0.823. The highest BCUT2D eigenvalue weighted by molar-refractivity contribution is 5.92. The van der Waals surface area contributed by atoms with Crippen LogP contribution in [0.25, 0.3) is 11.3 Å².